The number of quaternary nitrogens is 1. The van der Waals surface area contributed by atoms with Crippen LogP contribution in [0, 0.1) is 12.3 Å². The van der Waals surface area contributed by atoms with E-state index < -0.39 is 0 Å². The molecule has 0 aliphatic carbocycles. The molecule has 0 bridgehead atoms. The molecule has 0 amide bonds. The van der Waals surface area contributed by atoms with Gasteiger partial charge in [0.05, 0.1) is 18.6 Å². The van der Waals surface area contributed by atoms with Gasteiger partial charge in [0.2, 0.25) is 4.05 Å². The van der Waals surface area contributed by atoms with Gasteiger partial charge in [0.1, 0.15) is 0 Å². The monoisotopic (exact) mass is 322 g/mol. The number of rotatable bonds is 6. The van der Waals surface area contributed by atoms with E-state index in [-0.39, 0.29) is 4.05 Å². The van der Waals surface area contributed by atoms with Crippen LogP contribution in [0.3, 0.4) is 0 Å². The Bertz CT molecular complexity index is 207. The SMILES string of the molecule is C#CC(I)[N+](CCCC)(C(C)C)C(C)C. The first-order valence-corrected chi connectivity index (χ1v) is 7.15. The second-order valence-corrected chi connectivity index (χ2v) is 5.94. The normalized spacial score (nSPS) is 14.3. The lowest BCUT2D eigenvalue weighted by Gasteiger charge is -2.47. The smallest absolute Gasteiger partial charge is 0.200 e. The highest BCUT2D eigenvalue weighted by atomic mass is 127. The van der Waals surface area contributed by atoms with Gasteiger partial charge in [-0.05, 0) is 40.0 Å². The number of halogens is 1. The molecule has 0 fully saturated rings. The summed E-state index contributed by atoms with van der Waals surface area (Å²) in [5.74, 6) is 2.94. The third-order valence-corrected chi connectivity index (χ3v) is 4.78. The number of hydrogen-bond acceptors (Lipinski definition) is 0. The Morgan fingerprint density at radius 2 is 1.67 bits per heavy atom. The Morgan fingerprint density at radius 3 is 1.93 bits per heavy atom. The summed E-state index contributed by atoms with van der Waals surface area (Å²) >= 11 is 2.43. The lowest BCUT2D eigenvalue weighted by Crippen LogP contribution is -2.61. The molecule has 1 unspecified atom stereocenters. The molecule has 0 heterocycles. The van der Waals surface area contributed by atoms with Crippen LogP contribution in [-0.4, -0.2) is 27.2 Å². The van der Waals surface area contributed by atoms with Crippen LogP contribution in [0.5, 0.6) is 0 Å². The first kappa shape index (κ1) is 15.2. The van der Waals surface area contributed by atoms with Crippen molar-refractivity contribution in [2.24, 2.45) is 0 Å². The summed E-state index contributed by atoms with van der Waals surface area (Å²) in [4.78, 5) is 0. The lowest BCUT2D eigenvalue weighted by atomic mass is 10.1. The number of terminal acetylenes is 1. The molecule has 0 aromatic rings. The van der Waals surface area contributed by atoms with E-state index in [4.69, 9.17) is 6.42 Å². The lowest BCUT2D eigenvalue weighted by molar-refractivity contribution is -0.966. The van der Waals surface area contributed by atoms with Crippen molar-refractivity contribution in [2.75, 3.05) is 6.54 Å². The zero-order chi connectivity index (χ0) is 12.1. The largest absolute Gasteiger partial charge is 0.299 e. The summed E-state index contributed by atoms with van der Waals surface area (Å²) in [6.07, 6.45) is 8.14. The molecule has 0 aromatic heterocycles. The van der Waals surface area contributed by atoms with Crippen LogP contribution in [0.15, 0.2) is 0 Å². The maximum Gasteiger partial charge on any atom is 0.200 e. The van der Waals surface area contributed by atoms with Crippen LogP contribution < -0.4 is 0 Å². The van der Waals surface area contributed by atoms with Gasteiger partial charge in [0.15, 0.2) is 0 Å². The molecule has 15 heavy (non-hydrogen) atoms. The third-order valence-electron chi connectivity index (χ3n) is 3.38. The zero-order valence-electron chi connectivity index (χ0n) is 10.8. The summed E-state index contributed by atoms with van der Waals surface area (Å²) in [6.45, 7) is 12.6. The van der Waals surface area contributed by atoms with Crippen molar-refractivity contribution in [3.8, 4) is 12.3 Å². The van der Waals surface area contributed by atoms with Crippen molar-refractivity contribution in [1.29, 1.82) is 0 Å². The zero-order valence-corrected chi connectivity index (χ0v) is 12.9. The maximum absolute atomic E-state index is 5.63. The molecule has 0 spiro atoms. The highest BCUT2D eigenvalue weighted by Crippen LogP contribution is 2.28. The van der Waals surface area contributed by atoms with Crippen LogP contribution in [0.2, 0.25) is 0 Å². The molecule has 0 aromatic carbocycles. The first-order valence-electron chi connectivity index (χ1n) is 5.90. The van der Waals surface area contributed by atoms with E-state index in [9.17, 15) is 0 Å². The summed E-state index contributed by atoms with van der Waals surface area (Å²) in [5.41, 5.74) is 0. The Labute approximate surface area is 109 Å². The minimum Gasteiger partial charge on any atom is -0.299 e. The van der Waals surface area contributed by atoms with Crippen molar-refractivity contribution in [2.45, 2.75) is 63.6 Å². The van der Waals surface area contributed by atoms with E-state index >= 15 is 0 Å². The Morgan fingerprint density at radius 1 is 1.20 bits per heavy atom. The molecule has 2 heteroatoms. The molecule has 0 N–H and O–H groups in total. The van der Waals surface area contributed by atoms with Gasteiger partial charge in [-0.2, -0.15) is 0 Å². The number of hydrogen-bond donors (Lipinski definition) is 0. The molecule has 0 radical (unpaired) electrons. The molecule has 0 rings (SSSR count). The molecule has 0 aliphatic heterocycles. The van der Waals surface area contributed by atoms with E-state index in [1.165, 1.54) is 19.4 Å². The van der Waals surface area contributed by atoms with Crippen molar-refractivity contribution in [1.82, 2.24) is 0 Å². The molecule has 1 atom stereocenters. The molecule has 88 valence electrons. The topological polar surface area (TPSA) is 0 Å². The average Bonchev–Trinajstić information content (AvgIpc) is 2.17. The minimum absolute atomic E-state index is 0.286. The maximum atomic E-state index is 5.63. The van der Waals surface area contributed by atoms with Gasteiger partial charge in [0.25, 0.3) is 0 Å². The molecular formula is C13H25IN+. The van der Waals surface area contributed by atoms with Crippen LogP contribution in [0.1, 0.15) is 47.5 Å². The highest BCUT2D eigenvalue weighted by molar-refractivity contribution is 14.1. The van der Waals surface area contributed by atoms with Crippen molar-refractivity contribution >= 4 is 22.6 Å². The summed E-state index contributed by atoms with van der Waals surface area (Å²) in [5, 5.41) is 0. The summed E-state index contributed by atoms with van der Waals surface area (Å²) < 4.78 is 1.33. The highest BCUT2D eigenvalue weighted by Gasteiger charge is 2.39. The average molecular weight is 322 g/mol. The van der Waals surface area contributed by atoms with Gasteiger partial charge in [0, 0.05) is 22.6 Å². The summed E-state index contributed by atoms with van der Waals surface area (Å²) in [6, 6.07) is 1.18. The number of alkyl halides is 1. The van der Waals surface area contributed by atoms with Crippen LogP contribution >= 0.6 is 22.6 Å². The van der Waals surface area contributed by atoms with E-state index in [0.717, 1.165) is 4.48 Å². The van der Waals surface area contributed by atoms with Crippen molar-refractivity contribution in [3.05, 3.63) is 0 Å². The van der Waals surface area contributed by atoms with E-state index in [1.807, 2.05) is 0 Å². The van der Waals surface area contributed by atoms with Gasteiger partial charge in [-0.25, -0.2) is 0 Å². The summed E-state index contributed by atoms with van der Waals surface area (Å²) in [7, 11) is 0. The molecule has 0 saturated heterocycles. The van der Waals surface area contributed by atoms with Gasteiger partial charge >= 0.3 is 0 Å². The fraction of sp³-hybridized carbons (Fsp3) is 0.846. The molecule has 1 nitrogen and oxygen atoms in total. The fourth-order valence-electron chi connectivity index (χ4n) is 2.32. The van der Waals surface area contributed by atoms with Crippen molar-refractivity contribution < 1.29 is 4.48 Å². The van der Waals surface area contributed by atoms with E-state index in [0.29, 0.717) is 12.1 Å². The standard InChI is InChI=1S/C13H25IN/c1-7-9-10-15(11(3)4,12(5)6)13(14)8-2/h2,11-13H,7,9-10H2,1,3-6H3/q+1. The van der Waals surface area contributed by atoms with Gasteiger partial charge in [-0.1, -0.05) is 13.3 Å². The number of unbranched alkanes of at least 4 members (excludes halogenated alkanes) is 1. The van der Waals surface area contributed by atoms with Crippen molar-refractivity contribution in [3.63, 3.8) is 0 Å². The second kappa shape index (κ2) is 6.75. The van der Waals surface area contributed by atoms with E-state index in [1.54, 1.807) is 0 Å². The quantitative estimate of drug-likeness (QED) is 0.229. The Kier molecular flexibility index (Phi) is 6.86. The van der Waals surface area contributed by atoms with Crippen LogP contribution in [0.25, 0.3) is 0 Å². The fourth-order valence-corrected chi connectivity index (χ4v) is 3.89. The first-order chi connectivity index (χ1) is 6.93. The van der Waals surface area contributed by atoms with Gasteiger partial charge in [-0.15, -0.1) is 6.42 Å². The Balaban J connectivity index is 5.01. The molecule has 0 saturated carbocycles. The molecular weight excluding hydrogens is 297 g/mol. The van der Waals surface area contributed by atoms with Gasteiger partial charge in [-0.3, -0.25) is 4.48 Å². The minimum atomic E-state index is 0.286. The van der Waals surface area contributed by atoms with Gasteiger partial charge < -0.3 is 0 Å². The predicted octanol–water partition coefficient (Wildman–Crippen LogP) is 3.81. The van der Waals surface area contributed by atoms with Crippen LogP contribution in [-0.2, 0) is 0 Å². The molecule has 0 aliphatic rings. The third kappa shape index (κ3) is 3.35. The van der Waals surface area contributed by atoms with Crippen LogP contribution in [0.4, 0.5) is 0 Å². The van der Waals surface area contributed by atoms with E-state index in [2.05, 4.69) is 63.1 Å². The second-order valence-electron chi connectivity index (χ2n) is 4.76. The Hall–Kier alpha value is 0.250. The predicted molar refractivity (Wildman–Crippen MR) is 76.9 cm³/mol. The number of nitrogens with zero attached hydrogens (tertiary/aromatic N) is 1.